The van der Waals surface area contributed by atoms with Crippen molar-refractivity contribution in [2.75, 3.05) is 7.11 Å². The van der Waals surface area contributed by atoms with Gasteiger partial charge in [-0.05, 0) is 36.0 Å². The van der Waals surface area contributed by atoms with Crippen LogP contribution in [0.1, 0.15) is 16.1 Å². The van der Waals surface area contributed by atoms with E-state index in [9.17, 15) is 14.4 Å². The Morgan fingerprint density at radius 1 is 1.26 bits per heavy atom. The molecule has 116 valence electrons. The summed E-state index contributed by atoms with van der Waals surface area (Å²) in [6.07, 6.45) is 1.50. The minimum atomic E-state index is -0.439. The first kappa shape index (κ1) is 15.1. The zero-order valence-corrected chi connectivity index (χ0v) is 12.8. The third kappa shape index (κ3) is 3.19. The van der Waals surface area contributed by atoms with Crippen LogP contribution < -0.4 is 5.32 Å². The van der Waals surface area contributed by atoms with Crippen molar-refractivity contribution in [3.05, 3.63) is 52.6 Å². The molecule has 0 atom stereocenters. The van der Waals surface area contributed by atoms with Crippen molar-refractivity contribution in [2.24, 2.45) is 0 Å². The summed E-state index contributed by atoms with van der Waals surface area (Å²) >= 11 is 0.823. The molecular formula is C16H11NO5S. The summed E-state index contributed by atoms with van der Waals surface area (Å²) in [7, 11) is 1.32. The van der Waals surface area contributed by atoms with E-state index < -0.39 is 17.1 Å². The highest BCUT2D eigenvalue weighted by Gasteiger charge is 2.25. The van der Waals surface area contributed by atoms with Gasteiger partial charge >= 0.3 is 5.97 Å². The van der Waals surface area contributed by atoms with Crippen LogP contribution in [0.5, 0.6) is 0 Å². The summed E-state index contributed by atoms with van der Waals surface area (Å²) in [6, 6.07) is 10.2. The summed E-state index contributed by atoms with van der Waals surface area (Å²) in [5.74, 6) is 0.108. The predicted octanol–water partition coefficient (Wildman–Crippen LogP) is 3.06. The van der Waals surface area contributed by atoms with Gasteiger partial charge in [-0.3, -0.25) is 14.9 Å². The van der Waals surface area contributed by atoms with E-state index in [1.165, 1.54) is 13.2 Å². The molecule has 1 saturated heterocycles. The molecule has 1 aliphatic heterocycles. The van der Waals surface area contributed by atoms with E-state index in [-0.39, 0.29) is 4.91 Å². The van der Waals surface area contributed by atoms with E-state index in [0.717, 1.165) is 11.8 Å². The monoisotopic (exact) mass is 329 g/mol. The Hall–Kier alpha value is -2.80. The van der Waals surface area contributed by atoms with E-state index >= 15 is 0 Å². The predicted molar refractivity (Wildman–Crippen MR) is 84.6 cm³/mol. The van der Waals surface area contributed by atoms with Gasteiger partial charge in [0.2, 0.25) is 0 Å². The molecule has 2 amide bonds. The van der Waals surface area contributed by atoms with Crippen LogP contribution in [0.4, 0.5) is 4.79 Å². The third-order valence-corrected chi connectivity index (χ3v) is 3.92. The molecule has 0 saturated carbocycles. The Kier molecular flexibility index (Phi) is 4.03. The molecule has 0 radical (unpaired) electrons. The zero-order chi connectivity index (χ0) is 16.4. The fourth-order valence-corrected chi connectivity index (χ4v) is 2.72. The second-order valence-electron chi connectivity index (χ2n) is 4.63. The van der Waals surface area contributed by atoms with Crippen LogP contribution in [0.2, 0.25) is 0 Å². The average Bonchev–Trinajstić information content (AvgIpc) is 3.14. The molecule has 1 aliphatic rings. The van der Waals surface area contributed by atoms with E-state index in [0.29, 0.717) is 22.6 Å². The highest BCUT2D eigenvalue weighted by Crippen LogP contribution is 2.28. The number of hydrogen-bond donors (Lipinski definition) is 1. The van der Waals surface area contributed by atoms with E-state index in [1.54, 1.807) is 36.4 Å². The molecule has 0 spiro atoms. The molecule has 2 heterocycles. The lowest BCUT2D eigenvalue weighted by atomic mass is 10.1. The largest absolute Gasteiger partial charge is 0.465 e. The molecule has 1 aromatic heterocycles. The van der Waals surface area contributed by atoms with Crippen LogP contribution in [0.3, 0.4) is 0 Å². The number of esters is 1. The molecule has 23 heavy (non-hydrogen) atoms. The molecule has 0 aliphatic carbocycles. The minimum Gasteiger partial charge on any atom is -0.465 e. The van der Waals surface area contributed by atoms with Crippen molar-refractivity contribution >= 4 is 35.0 Å². The number of methoxy groups -OCH3 is 1. The minimum absolute atomic E-state index is 0.277. The number of imide groups is 1. The van der Waals surface area contributed by atoms with Crippen LogP contribution in [0, 0.1) is 0 Å². The Morgan fingerprint density at radius 3 is 2.78 bits per heavy atom. The standard InChI is InChI=1S/C16H11NO5S/c1-21-15(19)10-4-2-3-9(7-10)12-6-5-11(22-12)8-13-14(18)17-16(20)23-13/h2-8H,1H3,(H,17,18,20)/b13-8-. The second-order valence-corrected chi connectivity index (χ2v) is 5.64. The molecular weight excluding hydrogens is 318 g/mol. The van der Waals surface area contributed by atoms with Crippen LogP contribution in [0.15, 0.2) is 45.7 Å². The molecule has 1 N–H and O–H groups in total. The number of furan rings is 1. The topological polar surface area (TPSA) is 85.6 Å². The highest BCUT2D eigenvalue weighted by molar-refractivity contribution is 8.18. The zero-order valence-electron chi connectivity index (χ0n) is 12.0. The van der Waals surface area contributed by atoms with Crippen LogP contribution in [-0.4, -0.2) is 24.2 Å². The molecule has 1 fully saturated rings. The van der Waals surface area contributed by atoms with Gasteiger partial charge in [0.25, 0.3) is 11.1 Å². The lowest BCUT2D eigenvalue weighted by Crippen LogP contribution is -2.17. The van der Waals surface area contributed by atoms with Crippen molar-refractivity contribution in [3.8, 4) is 11.3 Å². The van der Waals surface area contributed by atoms with E-state index in [2.05, 4.69) is 10.1 Å². The van der Waals surface area contributed by atoms with Crippen molar-refractivity contribution in [1.82, 2.24) is 5.32 Å². The average molecular weight is 329 g/mol. The lowest BCUT2D eigenvalue weighted by Gasteiger charge is -2.01. The fraction of sp³-hybridized carbons (Fsp3) is 0.0625. The molecule has 2 aromatic rings. The number of thioether (sulfide) groups is 1. The van der Waals surface area contributed by atoms with E-state index in [4.69, 9.17) is 4.42 Å². The summed E-state index contributed by atoms with van der Waals surface area (Å²) in [5.41, 5.74) is 1.12. The van der Waals surface area contributed by atoms with Gasteiger partial charge in [0, 0.05) is 11.6 Å². The molecule has 3 rings (SSSR count). The van der Waals surface area contributed by atoms with Crippen molar-refractivity contribution in [1.29, 1.82) is 0 Å². The number of carbonyl (C=O) groups is 3. The molecule has 7 heteroatoms. The Labute approximate surface area is 135 Å². The maximum atomic E-state index is 11.6. The summed E-state index contributed by atoms with van der Waals surface area (Å²) in [6.45, 7) is 0. The van der Waals surface area contributed by atoms with Gasteiger partial charge in [0.1, 0.15) is 11.5 Å². The first-order valence-corrected chi connectivity index (χ1v) is 7.42. The van der Waals surface area contributed by atoms with Gasteiger partial charge in [-0.1, -0.05) is 12.1 Å². The summed E-state index contributed by atoms with van der Waals surface area (Å²) in [4.78, 5) is 34.5. The van der Waals surface area contributed by atoms with Gasteiger partial charge < -0.3 is 9.15 Å². The number of benzene rings is 1. The lowest BCUT2D eigenvalue weighted by molar-refractivity contribution is -0.115. The van der Waals surface area contributed by atoms with Gasteiger partial charge in [0.15, 0.2) is 0 Å². The van der Waals surface area contributed by atoms with Crippen LogP contribution >= 0.6 is 11.8 Å². The maximum absolute atomic E-state index is 11.6. The van der Waals surface area contributed by atoms with Crippen molar-refractivity contribution < 1.29 is 23.5 Å². The van der Waals surface area contributed by atoms with Gasteiger partial charge in [-0.15, -0.1) is 0 Å². The summed E-state index contributed by atoms with van der Waals surface area (Å²) < 4.78 is 10.3. The molecule has 6 nitrogen and oxygen atoms in total. The van der Waals surface area contributed by atoms with Crippen LogP contribution in [0.25, 0.3) is 17.4 Å². The number of rotatable bonds is 3. The van der Waals surface area contributed by atoms with E-state index in [1.807, 2.05) is 0 Å². The normalized spacial score (nSPS) is 15.8. The number of hydrogen-bond acceptors (Lipinski definition) is 6. The summed E-state index contributed by atoms with van der Waals surface area (Å²) in [5, 5.41) is 1.77. The molecule has 0 bridgehead atoms. The SMILES string of the molecule is COC(=O)c1cccc(-c2ccc(/C=C3\SC(=O)NC3=O)o2)c1. The Balaban J connectivity index is 1.88. The number of nitrogens with one attached hydrogen (secondary N) is 1. The van der Waals surface area contributed by atoms with Crippen molar-refractivity contribution in [3.63, 3.8) is 0 Å². The first-order chi connectivity index (χ1) is 11.1. The molecule has 1 aromatic carbocycles. The van der Waals surface area contributed by atoms with Gasteiger partial charge in [0.05, 0.1) is 17.6 Å². The van der Waals surface area contributed by atoms with Crippen molar-refractivity contribution in [2.45, 2.75) is 0 Å². The number of ether oxygens (including phenoxy) is 1. The first-order valence-electron chi connectivity index (χ1n) is 6.60. The number of amides is 2. The third-order valence-electron chi connectivity index (χ3n) is 3.11. The Bertz CT molecular complexity index is 837. The van der Waals surface area contributed by atoms with Gasteiger partial charge in [-0.2, -0.15) is 0 Å². The maximum Gasteiger partial charge on any atom is 0.337 e. The highest BCUT2D eigenvalue weighted by atomic mass is 32.2. The smallest absolute Gasteiger partial charge is 0.337 e. The van der Waals surface area contributed by atoms with Crippen LogP contribution in [-0.2, 0) is 9.53 Å². The quantitative estimate of drug-likeness (QED) is 0.688. The second kappa shape index (κ2) is 6.13. The fourth-order valence-electron chi connectivity index (χ4n) is 2.05. The Morgan fingerprint density at radius 2 is 2.09 bits per heavy atom. The van der Waals surface area contributed by atoms with Gasteiger partial charge in [-0.25, -0.2) is 4.79 Å². The number of carbonyl (C=O) groups excluding carboxylic acids is 3. The molecule has 0 unspecified atom stereocenters.